The minimum absolute atomic E-state index is 0.114. The first kappa shape index (κ1) is 14.2. The van der Waals surface area contributed by atoms with Crippen molar-refractivity contribution in [2.75, 3.05) is 5.73 Å². The Kier molecular flexibility index (Phi) is 4.16. The van der Waals surface area contributed by atoms with E-state index in [1.165, 1.54) is 24.4 Å². The Morgan fingerprint density at radius 2 is 2.05 bits per heavy atom. The minimum atomic E-state index is -1.66. The van der Waals surface area contributed by atoms with Crippen molar-refractivity contribution < 1.29 is 19.2 Å². The maximum Gasteiger partial charge on any atom is 0.490 e. The topological polar surface area (TPSA) is 101 Å². The number of nitrogen functional groups attached to an aromatic ring is 1. The third-order valence-electron chi connectivity index (χ3n) is 2.67. The predicted octanol–water partition coefficient (Wildman–Crippen LogP) is 0.0177. The van der Waals surface area contributed by atoms with Crippen LogP contribution in [0.15, 0.2) is 30.6 Å². The standard InChI is InChI=1S/C12H13BFN3O3/c1-7(10-3-2-9(14)6-16-10)20-11-4-8(13(18)19)5-17-12(11)15/h2-7,18-19H,1H3,(H2,15,17)/t7-/m1/s1. The highest BCUT2D eigenvalue weighted by Crippen LogP contribution is 2.23. The maximum absolute atomic E-state index is 12.8. The molecule has 0 aliphatic carbocycles. The molecule has 20 heavy (non-hydrogen) atoms. The minimum Gasteiger partial charge on any atom is -0.481 e. The van der Waals surface area contributed by atoms with Crippen LogP contribution in [-0.2, 0) is 0 Å². The number of halogens is 1. The molecule has 8 heteroatoms. The van der Waals surface area contributed by atoms with Crippen molar-refractivity contribution in [2.45, 2.75) is 13.0 Å². The van der Waals surface area contributed by atoms with Crippen molar-refractivity contribution in [2.24, 2.45) is 0 Å². The normalized spacial score (nSPS) is 12.0. The summed E-state index contributed by atoms with van der Waals surface area (Å²) in [5.74, 6) is -0.120. The monoisotopic (exact) mass is 277 g/mol. The van der Waals surface area contributed by atoms with E-state index in [-0.39, 0.29) is 17.0 Å². The third-order valence-corrected chi connectivity index (χ3v) is 2.67. The molecule has 0 aliphatic rings. The number of aromatic nitrogens is 2. The van der Waals surface area contributed by atoms with Gasteiger partial charge in [0.2, 0.25) is 0 Å². The number of rotatable bonds is 4. The summed E-state index contributed by atoms with van der Waals surface area (Å²) in [5.41, 5.74) is 6.34. The van der Waals surface area contributed by atoms with E-state index in [0.717, 1.165) is 6.20 Å². The SMILES string of the molecule is C[C@@H](Oc1cc(B(O)O)cnc1N)c1ccc(F)cn1. The van der Waals surface area contributed by atoms with E-state index in [4.69, 9.17) is 20.5 Å². The predicted molar refractivity (Wildman–Crippen MR) is 71.7 cm³/mol. The molecular formula is C12H13BFN3O3. The van der Waals surface area contributed by atoms with E-state index in [0.29, 0.717) is 5.69 Å². The first-order valence-corrected chi connectivity index (χ1v) is 5.87. The van der Waals surface area contributed by atoms with Gasteiger partial charge in [-0.15, -0.1) is 0 Å². The molecule has 1 atom stereocenters. The van der Waals surface area contributed by atoms with E-state index in [1.54, 1.807) is 6.92 Å². The lowest BCUT2D eigenvalue weighted by Crippen LogP contribution is -2.30. The van der Waals surface area contributed by atoms with Gasteiger partial charge < -0.3 is 20.5 Å². The summed E-state index contributed by atoms with van der Waals surface area (Å²) in [6, 6.07) is 4.15. The van der Waals surface area contributed by atoms with Crippen LogP contribution in [0.2, 0.25) is 0 Å². The molecule has 0 fully saturated rings. The van der Waals surface area contributed by atoms with E-state index in [9.17, 15) is 4.39 Å². The molecule has 2 aromatic heterocycles. The Balaban J connectivity index is 2.20. The lowest BCUT2D eigenvalue weighted by Gasteiger charge is -2.16. The first-order valence-electron chi connectivity index (χ1n) is 5.87. The van der Waals surface area contributed by atoms with Crippen LogP contribution in [0.25, 0.3) is 0 Å². The summed E-state index contributed by atoms with van der Waals surface area (Å²) in [5, 5.41) is 18.2. The van der Waals surface area contributed by atoms with Crippen LogP contribution in [-0.4, -0.2) is 27.1 Å². The van der Waals surface area contributed by atoms with Crippen molar-refractivity contribution in [1.29, 1.82) is 0 Å². The lowest BCUT2D eigenvalue weighted by atomic mass is 9.81. The quantitative estimate of drug-likeness (QED) is 0.681. The van der Waals surface area contributed by atoms with Crippen LogP contribution in [0.3, 0.4) is 0 Å². The van der Waals surface area contributed by atoms with Gasteiger partial charge in [0.15, 0.2) is 11.6 Å². The fourth-order valence-corrected chi connectivity index (χ4v) is 1.58. The van der Waals surface area contributed by atoms with Gasteiger partial charge in [-0.2, -0.15) is 0 Å². The van der Waals surface area contributed by atoms with Gasteiger partial charge in [0, 0.05) is 11.7 Å². The second-order valence-electron chi connectivity index (χ2n) is 4.19. The molecule has 4 N–H and O–H groups in total. The molecule has 0 radical (unpaired) electrons. The average Bonchev–Trinajstić information content (AvgIpc) is 2.41. The zero-order chi connectivity index (χ0) is 14.7. The Morgan fingerprint density at radius 3 is 2.65 bits per heavy atom. The second-order valence-corrected chi connectivity index (χ2v) is 4.19. The average molecular weight is 277 g/mol. The number of hydrogen-bond acceptors (Lipinski definition) is 6. The van der Waals surface area contributed by atoms with Crippen molar-refractivity contribution in [3.05, 3.63) is 42.1 Å². The Hall–Kier alpha value is -2.19. The Bertz CT molecular complexity index is 595. The molecule has 0 saturated carbocycles. The molecule has 2 heterocycles. The molecule has 104 valence electrons. The smallest absolute Gasteiger partial charge is 0.481 e. The zero-order valence-corrected chi connectivity index (χ0v) is 10.7. The summed E-state index contributed by atoms with van der Waals surface area (Å²) in [6.45, 7) is 1.71. The van der Waals surface area contributed by atoms with Crippen LogP contribution in [0.1, 0.15) is 18.7 Å². The van der Waals surface area contributed by atoms with Crippen molar-refractivity contribution in [3.8, 4) is 5.75 Å². The zero-order valence-electron chi connectivity index (χ0n) is 10.7. The van der Waals surface area contributed by atoms with Gasteiger partial charge in [-0.1, -0.05) is 0 Å². The van der Waals surface area contributed by atoms with Gasteiger partial charge in [-0.3, -0.25) is 4.98 Å². The van der Waals surface area contributed by atoms with Crippen LogP contribution in [0.4, 0.5) is 10.2 Å². The van der Waals surface area contributed by atoms with Gasteiger partial charge in [-0.25, -0.2) is 9.37 Å². The van der Waals surface area contributed by atoms with Crippen LogP contribution in [0, 0.1) is 5.82 Å². The van der Waals surface area contributed by atoms with Gasteiger partial charge in [0.1, 0.15) is 11.9 Å². The summed E-state index contributed by atoms with van der Waals surface area (Å²) in [4.78, 5) is 7.72. The third kappa shape index (κ3) is 3.22. The maximum atomic E-state index is 12.8. The summed E-state index contributed by atoms with van der Waals surface area (Å²) in [7, 11) is -1.66. The largest absolute Gasteiger partial charge is 0.490 e. The molecule has 0 unspecified atom stereocenters. The number of nitrogens with two attached hydrogens (primary N) is 1. The molecule has 2 aromatic rings. The second kappa shape index (κ2) is 5.85. The number of hydrogen-bond donors (Lipinski definition) is 3. The molecule has 0 bridgehead atoms. The number of anilines is 1. The molecule has 0 aromatic carbocycles. The molecule has 0 spiro atoms. The van der Waals surface area contributed by atoms with Gasteiger partial charge in [0.25, 0.3) is 0 Å². The van der Waals surface area contributed by atoms with E-state index >= 15 is 0 Å². The van der Waals surface area contributed by atoms with Crippen molar-refractivity contribution in [3.63, 3.8) is 0 Å². The number of nitrogens with zero attached hydrogens (tertiary/aromatic N) is 2. The van der Waals surface area contributed by atoms with Crippen molar-refractivity contribution in [1.82, 2.24) is 9.97 Å². The van der Waals surface area contributed by atoms with E-state index in [2.05, 4.69) is 9.97 Å². The highest BCUT2D eigenvalue weighted by atomic mass is 19.1. The highest BCUT2D eigenvalue weighted by Gasteiger charge is 2.17. The Morgan fingerprint density at radius 1 is 1.30 bits per heavy atom. The first-order chi connectivity index (χ1) is 9.47. The van der Waals surface area contributed by atoms with Crippen LogP contribution >= 0.6 is 0 Å². The summed E-state index contributed by atoms with van der Waals surface area (Å²) >= 11 is 0. The molecule has 0 saturated heterocycles. The van der Waals surface area contributed by atoms with Crippen LogP contribution in [0.5, 0.6) is 5.75 Å². The van der Waals surface area contributed by atoms with Gasteiger partial charge in [-0.05, 0) is 25.1 Å². The van der Waals surface area contributed by atoms with E-state index in [1.807, 2.05) is 0 Å². The molecular weight excluding hydrogens is 264 g/mol. The van der Waals surface area contributed by atoms with Gasteiger partial charge in [0.05, 0.1) is 11.9 Å². The molecule has 6 nitrogen and oxygen atoms in total. The lowest BCUT2D eigenvalue weighted by molar-refractivity contribution is 0.222. The Labute approximate surface area is 115 Å². The summed E-state index contributed by atoms with van der Waals surface area (Å²) in [6.07, 6.45) is 1.84. The van der Waals surface area contributed by atoms with Crippen LogP contribution < -0.4 is 15.9 Å². The van der Waals surface area contributed by atoms with Crippen molar-refractivity contribution >= 4 is 18.4 Å². The number of ether oxygens (including phenoxy) is 1. The molecule has 0 aliphatic heterocycles. The molecule has 0 amide bonds. The summed E-state index contributed by atoms with van der Waals surface area (Å²) < 4.78 is 18.4. The van der Waals surface area contributed by atoms with Gasteiger partial charge >= 0.3 is 7.12 Å². The fraction of sp³-hybridized carbons (Fsp3) is 0.167. The number of pyridine rings is 2. The highest BCUT2D eigenvalue weighted by molar-refractivity contribution is 6.58. The fourth-order valence-electron chi connectivity index (χ4n) is 1.58. The molecule has 2 rings (SSSR count). The van der Waals surface area contributed by atoms with E-state index < -0.39 is 19.0 Å².